The summed E-state index contributed by atoms with van der Waals surface area (Å²) < 4.78 is 38.0. The fourth-order valence-corrected chi connectivity index (χ4v) is 2.00. The number of halogens is 3. The zero-order valence-electron chi connectivity index (χ0n) is 11.3. The third-order valence-corrected chi connectivity index (χ3v) is 3.16. The quantitative estimate of drug-likeness (QED) is 0.890. The number of nitrogens with two attached hydrogens (primary N) is 1. The molecular formula is C14H20F3NO. The lowest BCUT2D eigenvalue weighted by Crippen LogP contribution is -2.36. The molecule has 2 unspecified atom stereocenters. The predicted octanol–water partition coefficient (Wildman–Crippen LogP) is 3.15. The summed E-state index contributed by atoms with van der Waals surface area (Å²) in [6, 6.07) is 4.99. The van der Waals surface area contributed by atoms with Crippen LogP contribution < -0.4 is 5.73 Å². The second-order valence-electron chi connectivity index (χ2n) is 5.78. The predicted molar refractivity (Wildman–Crippen MR) is 68.7 cm³/mol. The molecule has 0 saturated heterocycles. The van der Waals surface area contributed by atoms with E-state index in [4.69, 9.17) is 5.73 Å². The first-order valence-electron chi connectivity index (χ1n) is 6.12. The molecule has 2 atom stereocenters. The van der Waals surface area contributed by atoms with Crippen LogP contribution in [0.15, 0.2) is 24.3 Å². The van der Waals surface area contributed by atoms with E-state index < -0.39 is 29.2 Å². The van der Waals surface area contributed by atoms with Crippen molar-refractivity contribution in [2.75, 3.05) is 6.54 Å². The fraction of sp³-hybridized carbons (Fsp3) is 0.571. The van der Waals surface area contributed by atoms with E-state index in [-0.39, 0.29) is 6.54 Å². The molecule has 0 bridgehead atoms. The van der Waals surface area contributed by atoms with E-state index >= 15 is 0 Å². The van der Waals surface area contributed by atoms with Gasteiger partial charge in [-0.2, -0.15) is 13.2 Å². The van der Waals surface area contributed by atoms with Crippen molar-refractivity contribution in [1.82, 2.24) is 0 Å². The van der Waals surface area contributed by atoms with Gasteiger partial charge in [0.05, 0.1) is 11.7 Å². The summed E-state index contributed by atoms with van der Waals surface area (Å²) in [4.78, 5) is 0. The largest absolute Gasteiger partial charge is 0.416 e. The number of hydrogen-bond acceptors (Lipinski definition) is 2. The van der Waals surface area contributed by atoms with Crippen LogP contribution in [0.25, 0.3) is 0 Å². The lowest BCUT2D eigenvalue weighted by atomic mass is 9.78. The second-order valence-corrected chi connectivity index (χ2v) is 5.78. The molecule has 0 heterocycles. The molecule has 5 heteroatoms. The van der Waals surface area contributed by atoms with Gasteiger partial charge in [-0.3, -0.25) is 0 Å². The van der Waals surface area contributed by atoms with Crippen LogP contribution in [0, 0.1) is 5.41 Å². The Balaban J connectivity index is 3.13. The van der Waals surface area contributed by atoms with Gasteiger partial charge >= 0.3 is 6.18 Å². The molecule has 1 aromatic rings. The van der Waals surface area contributed by atoms with Crippen molar-refractivity contribution in [2.45, 2.75) is 39.0 Å². The van der Waals surface area contributed by atoms with Gasteiger partial charge in [-0.1, -0.05) is 39.0 Å². The van der Waals surface area contributed by atoms with Gasteiger partial charge in [0.1, 0.15) is 0 Å². The number of aliphatic hydroxyl groups is 1. The summed E-state index contributed by atoms with van der Waals surface area (Å²) in [7, 11) is 0. The average Bonchev–Trinajstić information content (AvgIpc) is 2.28. The van der Waals surface area contributed by atoms with Gasteiger partial charge in [0.15, 0.2) is 0 Å². The molecule has 0 fully saturated rings. The number of benzene rings is 1. The smallest absolute Gasteiger partial charge is 0.392 e. The maximum atomic E-state index is 12.7. The minimum absolute atomic E-state index is 0.0970. The van der Waals surface area contributed by atoms with Gasteiger partial charge in [-0.25, -0.2) is 0 Å². The first kappa shape index (κ1) is 16.0. The van der Waals surface area contributed by atoms with Gasteiger partial charge in [0.2, 0.25) is 0 Å². The molecule has 1 aromatic carbocycles. The molecule has 0 amide bonds. The standard InChI is InChI=1S/C14H20F3NO/c1-13(2,3)12(19)11(8-18)9-5-4-6-10(7-9)14(15,16)17/h4-7,11-12,19H,8,18H2,1-3H3. The van der Waals surface area contributed by atoms with Gasteiger partial charge < -0.3 is 10.8 Å². The molecule has 2 nitrogen and oxygen atoms in total. The maximum absolute atomic E-state index is 12.7. The van der Waals surface area contributed by atoms with Crippen LogP contribution in [0.5, 0.6) is 0 Å². The van der Waals surface area contributed by atoms with Gasteiger partial charge in [-0.15, -0.1) is 0 Å². The van der Waals surface area contributed by atoms with E-state index in [9.17, 15) is 18.3 Å². The Hall–Kier alpha value is -1.07. The topological polar surface area (TPSA) is 46.2 Å². The summed E-state index contributed by atoms with van der Waals surface area (Å²) in [5.74, 6) is -0.512. The first-order valence-corrected chi connectivity index (χ1v) is 6.12. The molecule has 0 aromatic heterocycles. The fourth-order valence-electron chi connectivity index (χ4n) is 2.00. The van der Waals surface area contributed by atoms with Crippen molar-refractivity contribution in [3.05, 3.63) is 35.4 Å². The monoisotopic (exact) mass is 275 g/mol. The highest BCUT2D eigenvalue weighted by molar-refractivity contribution is 5.29. The molecule has 0 aliphatic heterocycles. The number of hydrogen-bond donors (Lipinski definition) is 2. The lowest BCUT2D eigenvalue weighted by Gasteiger charge is -2.33. The minimum atomic E-state index is -4.39. The van der Waals surface area contributed by atoms with Gasteiger partial charge in [-0.05, 0) is 17.0 Å². The van der Waals surface area contributed by atoms with Crippen molar-refractivity contribution < 1.29 is 18.3 Å². The highest BCUT2D eigenvalue weighted by Crippen LogP contribution is 2.35. The van der Waals surface area contributed by atoms with Gasteiger partial charge in [0, 0.05) is 12.5 Å². The molecule has 0 aliphatic rings. The Labute approximate surface area is 111 Å². The van der Waals surface area contributed by atoms with E-state index in [0.717, 1.165) is 12.1 Å². The third kappa shape index (κ3) is 3.94. The van der Waals surface area contributed by atoms with Crippen LogP contribution >= 0.6 is 0 Å². The molecule has 0 radical (unpaired) electrons. The Morgan fingerprint density at radius 3 is 2.21 bits per heavy atom. The van der Waals surface area contributed by atoms with Crippen molar-refractivity contribution in [1.29, 1.82) is 0 Å². The average molecular weight is 275 g/mol. The second kappa shape index (κ2) is 5.51. The molecule has 0 spiro atoms. The summed E-state index contributed by atoms with van der Waals surface area (Å²) in [5, 5.41) is 10.2. The Kier molecular flexibility index (Phi) is 4.63. The number of alkyl halides is 3. The number of aliphatic hydroxyl groups excluding tert-OH is 1. The van der Waals surface area contributed by atoms with E-state index in [1.165, 1.54) is 6.07 Å². The summed E-state index contributed by atoms with van der Waals surface area (Å²) in [5.41, 5.74) is 4.87. The summed E-state index contributed by atoms with van der Waals surface area (Å²) >= 11 is 0. The highest BCUT2D eigenvalue weighted by atomic mass is 19.4. The summed E-state index contributed by atoms with van der Waals surface area (Å²) in [6.07, 6.45) is -5.19. The normalized spacial score (nSPS) is 16.2. The highest BCUT2D eigenvalue weighted by Gasteiger charge is 2.34. The molecular weight excluding hydrogens is 255 g/mol. The molecule has 0 saturated carbocycles. The lowest BCUT2D eigenvalue weighted by molar-refractivity contribution is -0.137. The third-order valence-electron chi connectivity index (χ3n) is 3.16. The molecule has 0 aliphatic carbocycles. The van der Waals surface area contributed by atoms with E-state index in [2.05, 4.69) is 0 Å². The first-order chi connectivity index (χ1) is 8.57. The molecule has 3 N–H and O–H groups in total. The SMILES string of the molecule is CC(C)(C)C(O)C(CN)c1cccc(C(F)(F)F)c1. The van der Waals surface area contributed by atoms with Crippen LogP contribution in [0.1, 0.15) is 37.8 Å². The van der Waals surface area contributed by atoms with Gasteiger partial charge in [0.25, 0.3) is 0 Å². The van der Waals surface area contributed by atoms with Crippen LogP contribution in [-0.2, 0) is 6.18 Å². The van der Waals surface area contributed by atoms with E-state index in [1.807, 2.05) is 20.8 Å². The Bertz CT molecular complexity index is 423. The van der Waals surface area contributed by atoms with Crippen LogP contribution in [0.3, 0.4) is 0 Å². The van der Waals surface area contributed by atoms with Crippen LogP contribution in [-0.4, -0.2) is 17.8 Å². The Morgan fingerprint density at radius 2 is 1.79 bits per heavy atom. The number of rotatable bonds is 3. The van der Waals surface area contributed by atoms with Crippen molar-refractivity contribution in [2.24, 2.45) is 11.1 Å². The van der Waals surface area contributed by atoms with E-state index in [0.29, 0.717) is 5.56 Å². The molecule has 108 valence electrons. The summed E-state index contributed by atoms with van der Waals surface area (Å²) in [6.45, 7) is 5.58. The minimum Gasteiger partial charge on any atom is -0.392 e. The molecule has 19 heavy (non-hydrogen) atoms. The van der Waals surface area contributed by atoms with Crippen molar-refractivity contribution in [3.8, 4) is 0 Å². The van der Waals surface area contributed by atoms with Crippen LogP contribution in [0.2, 0.25) is 0 Å². The maximum Gasteiger partial charge on any atom is 0.416 e. The zero-order valence-corrected chi connectivity index (χ0v) is 11.3. The van der Waals surface area contributed by atoms with Crippen molar-refractivity contribution >= 4 is 0 Å². The molecule has 1 rings (SSSR count). The van der Waals surface area contributed by atoms with Crippen LogP contribution in [0.4, 0.5) is 13.2 Å². The zero-order chi connectivity index (χ0) is 14.8. The Morgan fingerprint density at radius 1 is 1.21 bits per heavy atom. The van der Waals surface area contributed by atoms with E-state index in [1.54, 1.807) is 6.07 Å². The van der Waals surface area contributed by atoms with Crippen molar-refractivity contribution in [3.63, 3.8) is 0 Å².